The van der Waals surface area contributed by atoms with Crippen molar-refractivity contribution in [3.8, 4) is 11.3 Å². The van der Waals surface area contributed by atoms with Gasteiger partial charge in [0, 0.05) is 31.7 Å². The molecule has 0 bridgehead atoms. The minimum Gasteiger partial charge on any atom is -0.352 e. The first-order valence-electron chi connectivity index (χ1n) is 10.3. The van der Waals surface area contributed by atoms with Gasteiger partial charge in [0.2, 0.25) is 5.91 Å². The molecule has 0 radical (unpaired) electrons. The lowest BCUT2D eigenvalue weighted by atomic mass is 9.95. The smallest absolute Gasteiger partial charge is 0.230 e. The number of halogens is 1. The van der Waals surface area contributed by atoms with Crippen LogP contribution >= 0.6 is 11.6 Å². The van der Waals surface area contributed by atoms with E-state index in [1.165, 1.54) is 0 Å². The monoisotopic (exact) mass is 420 g/mol. The lowest BCUT2D eigenvalue weighted by Gasteiger charge is -2.36. The molecule has 5 nitrogen and oxygen atoms in total. The zero-order valence-electron chi connectivity index (χ0n) is 17.0. The maximum atomic E-state index is 13.1. The Bertz CT molecular complexity index is 986. The number of carbonyl (C=O) groups excluding carboxylic acids is 1. The fourth-order valence-electron chi connectivity index (χ4n) is 3.92. The molecule has 1 aliphatic rings. The molecule has 0 spiro atoms. The van der Waals surface area contributed by atoms with E-state index in [-0.39, 0.29) is 11.8 Å². The Morgan fingerprint density at radius 3 is 2.27 bits per heavy atom. The average molecular weight is 421 g/mol. The maximum absolute atomic E-state index is 13.1. The Balaban J connectivity index is 1.40. The molecular weight excluding hydrogens is 396 g/mol. The van der Waals surface area contributed by atoms with Gasteiger partial charge in [0.05, 0.1) is 16.6 Å². The zero-order chi connectivity index (χ0) is 20.9. The zero-order valence-corrected chi connectivity index (χ0v) is 17.8. The van der Waals surface area contributed by atoms with Crippen LogP contribution in [0.2, 0.25) is 5.02 Å². The largest absolute Gasteiger partial charge is 0.352 e. The SMILES string of the molecule is CCC(C(=O)N1CCN(c2ccc(-c3ccccc3Cl)nn2)CC1)c1ccccc1. The summed E-state index contributed by atoms with van der Waals surface area (Å²) >= 11 is 6.26. The Hall–Kier alpha value is -2.92. The second kappa shape index (κ2) is 9.26. The van der Waals surface area contributed by atoms with Gasteiger partial charge in [-0.05, 0) is 30.2 Å². The van der Waals surface area contributed by atoms with Crippen LogP contribution in [0.5, 0.6) is 0 Å². The van der Waals surface area contributed by atoms with Crippen LogP contribution in [0.3, 0.4) is 0 Å². The minimum absolute atomic E-state index is 0.0764. The molecule has 1 aliphatic heterocycles. The van der Waals surface area contributed by atoms with Gasteiger partial charge in [-0.2, -0.15) is 0 Å². The number of anilines is 1. The first-order valence-corrected chi connectivity index (χ1v) is 10.7. The van der Waals surface area contributed by atoms with Crippen LogP contribution < -0.4 is 4.90 Å². The van der Waals surface area contributed by atoms with Crippen molar-refractivity contribution in [1.82, 2.24) is 15.1 Å². The number of aromatic nitrogens is 2. The van der Waals surface area contributed by atoms with Gasteiger partial charge in [-0.1, -0.05) is 67.1 Å². The number of carbonyl (C=O) groups is 1. The van der Waals surface area contributed by atoms with Gasteiger partial charge in [0.15, 0.2) is 5.82 Å². The second-order valence-electron chi connectivity index (χ2n) is 7.44. The number of amides is 1. The number of hydrogen-bond donors (Lipinski definition) is 0. The molecule has 1 amide bonds. The summed E-state index contributed by atoms with van der Waals surface area (Å²) in [4.78, 5) is 17.2. The maximum Gasteiger partial charge on any atom is 0.230 e. The van der Waals surface area contributed by atoms with Crippen molar-refractivity contribution in [1.29, 1.82) is 0 Å². The normalized spacial score (nSPS) is 15.1. The Labute approximate surface area is 182 Å². The molecule has 1 saturated heterocycles. The lowest BCUT2D eigenvalue weighted by Crippen LogP contribution is -2.50. The molecule has 6 heteroatoms. The van der Waals surface area contributed by atoms with Gasteiger partial charge in [-0.25, -0.2) is 0 Å². The van der Waals surface area contributed by atoms with Crippen LogP contribution in [-0.2, 0) is 4.79 Å². The van der Waals surface area contributed by atoms with E-state index in [9.17, 15) is 4.79 Å². The summed E-state index contributed by atoms with van der Waals surface area (Å²) in [6.07, 6.45) is 0.804. The van der Waals surface area contributed by atoms with Crippen molar-refractivity contribution < 1.29 is 4.79 Å². The Kier molecular flexibility index (Phi) is 6.29. The molecule has 0 saturated carbocycles. The number of rotatable bonds is 5. The van der Waals surface area contributed by atoms with E-state index in [0.29, 0.717) is 18.1 Å². The first-order chi connectivity index (χ1) is 14.7. The van der Waals surface area contributed by atoms with Crippen LogP contribution in [0.4, 0.5) is 5.82 Å². The minimum atomic E-state index is -0.0764. The van der Waals surface area contributed by atoms with Gasteiger partial charge in [-0.3, -0.25) is 4.79 Å². The van der Waals surface area contributed by atoms with Gasteiger partial charge in [0.25, 0.3) is 0 Å². The summed E-state index contributed by atoms with van der Waals surface area (Å²) in [7, 11) is 0. The predicted molar refractivity (Wildman–Crippen MR) is 121 cm³/mol. The second-order valence-corrected chi connectivity index (χ2v) is 7.85. The topological polar surface area (TPSA) is 49.3 Å². The third-order valence-electron chi connectivity index (χ3n) is 5.62. The van der Waals surface area contributed by atoms with Crippen molar-refractivity contribution in [2.75, 3.05) is 31.1 Å². The highest BCUT2D eigenvalue weighted by Gasteiger charge is 2.28. The van der Waals surface area contributed by atoms with Crippen molar-refractivity contribution in [2.24, 2.45) is 0 Å². The van der Waals surface area contributed by atoms with Crippen molar-refractivity contribution in [2.45, 2.75) is 19.3 Å². The van der Waals surface area contributed by atoms with Gasteiger partial charge in [0.1, 0.15) is 0 Å². The van der Waals surface area contributed by atoms with Crippen LogP contribution in [-0.4, -0.2) is 47.2 Å². The van der Waals surface area contributed by atoms with E-state index in [0.717, 1.165) is 42.1 Å². The summed E-state index contributed by atoms with van der Waals surface area (Å²) in [5, 5.41) is 9.43. The number of piperazine rings is 1. The number of hydrogen-bond acceptors (Lipinski definition) is 4. The molecule has 4 rings (SSSR count). The van der Waals surface area contributed by atoms with Crippen LogP contribution in [0, 0.1) is 0 Å². The molecule has 1 aromatic heterocycles. The number of benzene rings is 2. The molecule has 2 aromatic carbocycles. The first kappa shape index (κ1) is 20.4. The quantitative estimate of drug-likeness (QED) is 0.603. The third-order valence-corrected chi connectivity index (χ3v) is 5.95. The lowest BCUT2D eigenvalue weighted by molar-refractivity contribution is -0.133. The van der Waals surface area contributed by atoms with E-state index < -0.39 is 0 Å². The highest BCUT2D eigenvalue weighted by atomic mass is 35.5. The molecule has 0 N–H and O–H groups in total. The summed E-state index contributed by atoms with van der Waals surface area (Å²) in [6, 6.07) is 21.6. The highest BCUT2D eigenvalue weighted by Crippen LogP contribution is 2.27. The van der Waals surface area contributed by atoms with Crippen molar-refractivity contribution in [3.05, 3.63) is 77.3 Å². The summed E-state index contributed by atoms with van der Waals surface area (Å²) in [5.41, 5.74) is 2.72. The molecule has 1 unspecified atom stereocenters. The Morgan fingerprint density at radius 1 is 0.933 bits per heavy atom. The van der Waals surface area contributed by atoms with E-state index in [1.54, 1.807) is 0 Å². The molecule has 1 fully saturated rings. The van der Waals surface area contributed by atoms with Crippen LogP contribution in [0.25, 0.3) is 11.3 Å². The van der Waals surface area contributed by atoms with Gasteiger partial charge >= 0.3 is 0 Å². The third kappa shape index (κ3) is 4.31. The molecule has 1 atom stereocenters. The molecule has 154 valence electrons. The fourth-order valence-corrected chi connectivity index (χ4v) is 4.15. The van der Waals surface area contributed by atoms with Crippen LogP contribution in [0.1, 0.15) is 24.8 Å². The van der Waals surface area contributed by atoms with Gasteiger partial charge < -0.3 is 9.80 Å². The fraction of sp³-hybridized carbons (Fsp3) is 0.292. The summed E-state index contributed by atoms with van der Waals surface area (Å²) < 4.78 is 0. The van der Waals surface area contributed by atoms with E-state index >= 15 is 0 Å². The molecule has 30 heavy (non-hydrogen) atoms. The van der Waals surface area contributed by atoms with Gasteiger partial charge in [-0.15, -0.1) is 10.2 Å². The molecule has 3 aromatic rings. The molecular formula is C24H25ClN4O. The predicted octanol–water partition coefficient (Wildman–Crippen LogP) is 4.64. The van der Waals surface area contributed by atoms with Crippen molar-refractivity contribution >= 4 is 23.3 Å². The number of nitrogens with zero attached hydrogens (tertiary/aromatic N) is 4. The molecule has 0 aliphatic carbocycles. The Morgan fingerprint density at radius 2 is 1.63 bits per heavy atom. The van der Waals surface area contributed by atoms with E-state index in [2.05, 4.69) is 22.0 Å². The summed E-state index contributed by atoms with van der Waals surface area (Å²) in [6.45, 7) is 4.95. The van der Waals surface area contributed by atoms with Crippen molar-refractivity contribution in [3.63, 3.8) is 0 Å². The van der Waals surface area contributed by atoms with E-state index in [1.807, 2.05) is 71.6 Å². The van der Waals surface area contributed by atoms with Crippen LogP contribution in [0.15, 0.2) is 66.7 Å². The highest BCUT2D eigenvalue weighted by molar-refractivity contribution is 6.33. The summed E-state index contributed by atoms with van der Waals surface area (Å²) in [5.74, 6) is 0.962. The standard InChI is InChI=1S/C24H25ClN4O/c1-2-19(18-8-4-3-5-9-18)24(30)29-16-14-28(15-17-29)23-13-12-22(26-27-23)20-10-6-7-11-21(20)25/h3-13,19H,2,14-17H2,1H3. The average Bonchev–Trinajstić information content (AvgIpc) is 2.81. The van der Waals surface area contributed by atoms with E-state index in [4.69, 9.17) is 11.6 Å². The molecule has 2 heterocycles.